The van der Waals surface area contributed by atoms with Gasteiger partial charge in [0.1, 0.15) is 12.2 Å². The summed E-state index contributed by atoms with van der Waals surface area (Å²) in [5.41, 5.74) is 0.106. The molecule has 1 aliphatic rings. The Hall–Kier alpha value is -4.76. The van der Waals surface area contributed by atoms with E-state index >= 15 is 0 Å². The third-order valence-electron chi connectivity index (χ3n) is 6.51. The van der Waals surface area contributed by atoms with E-state index in [0.29, 0.717) is 11.1 Å². The molecule has 1 fully saturated rings. The fourth-order valence-electron chi connectivity index (χ4n) is 4.54. The summed E-state index contributed by atoms with van der Waals surface area (Å²) in [5, 5.41) is 1.37. The Balaban J connectivity index is 1.38. The molecule has 0 aliphatic carbocycles. The van der Waals surface area contributed by atoms with Crippen LogP contribution in [0.25, 0.3) is 11.0 Å². The summed E-state index contributed by atoms with van der Waals surface area (Å²) in [4.78, 5) is 65.8. The van der Waals surface area contributed by atoms with Crippen molar-refractivity contribution in [2.24, 2.45) is 0 Å². The molecular weight excluding hydrogens is 598 g/mol. The van der Waals surface area contributed by atoms with E-state index in [-0.39, 0.29) is 47.1 Å². The number of thioether (sulfide) groups is 1. The van der Waals surface area contributed by atoms with Gasteiger partial charge >= 0.3 is 11.7 Å². The number of hydrogen-bond acceptors (Lipinski definition) is 10. The van der Waals surface area contributed by atoms with Gasteiger partial charge in [-0.15, -0.1) is 0 Å². The van der Waals surface area contributed by atoms with Crippen molar-refractivity contribution in [2.45, 2.75) is 36.6 Å². The Morgan fingerprint density at radius 2 is 1.79 bits per heavy atom. The molecule has 0 saturated carbocycles. The van der Waals surface area contributed by atoms with Gasteiger partial charge in [-0.25, -0.2) is 22.8 Å². The molecule has 0 spiro atoms. The minimum absolute atomic E-state index is 0.0151. The first-order valence-corrected chi connectivity index (χ1v) is 15.4. The summed E-state index contributed by atoms with van der Waals surface area (Å²) in [5.74, 6) is -1.11. The molecule has 2 amide bonds. The van der Waals surface area contributed by atoms with E-state index in [1.807, 2.05) is 0 Å². The Labute approximate surface area is 248 Å². The molecular formula is C28H25N5O8S2. The van der Waals surface area contributed by atoms with Gasteiger partial charge in [-0.3, -0.25) is 33.8 Å². The van der Waals surface area contributed by atoms with Gasteiger partial charge in [-0.2, -0.15) is 0 Å². The zero-order valence-corrected chi connectivity index (χ0v) is 24.3. The highest BCUT2D eigenvalue weighted by Crippen LogP contribution is 2.24. The molecule has 13 nitrogen and oxygen atoms in total. The van der Waals surface area contributed by atoms with Crippen molar-refractivity contribution < 1.29 is 27.5 Å². The number of aromatic nitrogens is 3. The second-order valence-corrected chi connectivity index (χ2v) is 12.3. The first kappa shape index (κ1) is 29.7. The predicted molar refractivity (Wildman–Crippen MR) is 158 cm³/mol. The van der Waals surface area contributed by atoms with Crippen molar-refractivity contribution in [2.75, 3.05) is 11.3 Å². The normalized spacial score (nSPS) is 15.0. The maximum absolute atomic E-state index is 13.3. The Bertz CT molecular complexity index is 1970. The number of nitrogens with zero attached hydrogens (tertiary/aromatic N) is 3. The van der Waals surface area contributed by atoms with Gasteiger partial charge in [-0.1, -0.05) is 36.0 Å². The van der Waals surface area contributed by atoms with Crippen LogP contribution in [0.2, 0.25) is 0 Å². The van der Waals surface area contributed by atoms with E-state index in [0.717, 1.165) is 16.3 Å². The van der Waals surface area contributed by atoms with E-state index in [1.54, 1.807) is 49.4 Å². The highest BCUT2D eigenvalue weighted by Gasteiger charge is 2.31. The summed E-state index contributed by atoms with van der Waals surface area (Å²) in [6, 6.07) is 15.4. The van der Waals surface area contributed by atoms with Gasteiger partial charge in [0.15, 0.2) is 0 Å². The summed E-state index contributed by atoms with van der Waals surface area (Å²) < 4.78 is 35.7. The SMILES string of the molecule is CCOC(=O)Cn1c(=O)c2cccnc2n(Cc2cccc(NS(=O)(=O)c3ccc(CC4SC(=O)NC4=O)cc3)c2)c1=O. The fraction of sp³-hybridized carbons (Fsp3) is 0.214. The lowest BCUT2D eigenvalue weighted by molar-refractivity contribution is -0.144. The molecule has 1 unspecified atom stereocenters. The molecule has 3 heterocycles. The first-order valence-electron chi connectivity index (χ1n) is 13.0. The number of hydrogen-bond donors (Lipinski definition) is 2. The molecule has 0 radical (unpaired) electrons. The summed E-state index contributed by atoms with van der Waals surface area (Å²) in [6.07, 6.45) is 1.71. The van der Waals surface area contributed by atoms with Crippen LogP contribution in [0, 0.1) is 0 Å². The van der Waals surface area contributed by atoms with Crippen molar-refractivity contribution in [1.82, 2.24) is 19.4 Å². The molecule has 5 rings (SSSR count). The molecule has 43 heavy (non-hydrogen) atoms. The molecule has 1 atom stereocenters. The number of benzene rings is 2. The second-order valence-electron chi connectivity index (χ2n) is 9.48. The Kier molecular flexibility index (Phi) is 8.45. The smallest absolute Gasteiger partial charge is 0.333 e. The highest BCUT2D eigenvalue weighted by molar-refractivity contribution is 8.15. The molecule has 2 aromatic heterocycles. The fourth-order valence-corrected chi connectivity index (χ4v) is 6.45. The number of esters is 1. The standard InChI is InChI=1S/C28H25N5O8S2/c1-2-41-23(34)16-33-26(36)21-7-4-12-29-24(21)32(28(33)38)15-18-5-3-6-19(13-18)31-43(39,40)20-10-8-17(9-11-20)14-22-25(35)30-27(37)42-22/h3-13,22,31H,2,14-16H2,1H3,(H,30,35,37). The first-order chi connectivity index (χ1) is 20.6. The van der Waals surface area contributed by atoms with E-state index in [9.17, 15) is 32.4 Å². The Morgan fingerprint density at radius 3 is 2.49 bits per heavy atom. The number of pyridine rings is 1. The molecule has 222 valence electrons. The molecule has 1 aliphatic heterocycles. The van der Waals surface area contributed by atoms with Crippen LogP contribution in [-0.2, 0) is 43.9 Å². The van der Waals surface area contributed by atoms with E-state index in [4.69, 9.17) is 4.74 Å². The maximum Gasteiger partial charge on any atom is 0.333 e. The van der Waals surface area contributed by atoms with Gasteiger partial charge in [0.05, 0.1) is 28.7 Å². The van der Waals surface area contributed by atoms with Crippen molar-refractivity contribution in [1.29, 1.82) is 0 Å². The van der Waals surface area contributed by atoms with Crippen molar-refractivity contribution in [3.05, 3.63) is 98.8 Å². The number of carbonyl (C=O) groups is 3. The van der Waals surface area contributed by atoms with Gasteiger partial charge in [0.2, 0.25) is 5.91 Å². The maximum atomic E-state index is 13.3. The molecule has 1 saturated heterocycles. The third kappa shape index (κ3) is 6.52. The number of rotatable bonds is 10. The monoisotopic (exact) mass is 623 g/mol. The molecule has 0 bridgehead atoms. The third-order valence-corrected chi connectivity index (χ3v) is 8.89. The van der Waals surface area contributed by atoms with Gasteiger partial charge in [0, 0.05) is 11.9 Å². The lowest BCUT2D eigenvalue weighted by atomic mass is 10.1. The number of ether oxygens (including phenoxy) is 1. The second kappa shape index (κ2) is 12.2. The number of amides is 2. The minimum atomic E-state index is -4.01. The summed E-state index contributed by atoms with van der Waals surface area (Å²) in [7, 11) is -4.01. The topological polar surface area (TPSA) is 176 Å². The van der Waals surface area contributed by atoms with Crippen LogP contribution in [0.1, 0.15) is 18.1 Å². The number of imide groups is 1. The van der Waals surface area contributed by atoms with E-state index < -0.39 is 44.3 Å². The number of fused-ring (bicyclic) bond motifs is 1. The van der Waals surface area contributed by atoms with Gasteiger partial charge in [-0.05, 0) is 60.9 Å². The average molecular weight is 624 g/mol. The van der Waals surface area contributed by atoms with Crippen molar-refractivity contribution in [3.8, 4) is 0 Å². The van der Waals surface area contributed by atoms with Crippen LogP contribution >= 0.6 is 11.8 Å². The molecule has 2 N–H and O–H groups in total. The lowest BCUT2D eigenvalue weighted by Gasteiger charge is -2.14. The van der Waals surface area contributed by atoms with Crippen molar-refractivity contribution in [3.63, 3.8) is 0 Å². The number of nitrogens with one attached hydrogen (secondary N) is 2. The zero-order chi connectivity index (χ0) is 30.7. The van der Waals surface area contributed by atoms with E-state index in [1.165, 1.54) is 29.0 Å². The Morgan fingerprint density at radius 1 is 1.02 bits per heavy atom. The van der Waals surface area contributed by atoms with Crippen LogP contribution < -0.4 is 21.3 Å². The van der Waals surface area contributed by atoms with Gasteiger partial charge < -0.3 is 4.74 Å². The lowest BCUT2D eigenvalue weighted by Crippen LogP contribution is -2.42. The molecule has 2 aromatic carbocycles. The zero-order valence-electron chi connectivity index (χ0n) is 22.7. The summed E-state index contributed by atoms with van der Waals surface area (Å²) in [6.45, 7) is 1.06. The molecule has 15 heteroatoms. The van der Waals surface area contributed by atoms with Gasteiger partial charge in [0.25, 0.3) is 20.8 Å². The van der Waals surface area contributed by atoms with Crippen LogP contribution in [0.15, 0.2) is 81.3 Å². The number of carbonyl (C=O) groups excluding carboxylic acids is 3. The number of sulfonamides is 1. The minimum Gasteiger partial charge on any atom is -0.465 e. The summed E-state index contributed by atoms with van der Waals surface area (Å²) >= 11 is 0.896. The van der Waals surface area contributed by atoms with Crippen LogP contribution in [0.4, 0.5) is 10.5 Å². The highest BCUT2D eigenvalue weighted by atomic mass is 32.2. The quantitative estimate of drug-likeness (QED) is 0.248. The van der Waals surface area contributed by atoms with E-state index in [2.05, 4.69) is 15.0 Å². The van der Waals surface area contributed by atoms with Crippen LogP contribution in [0.5, 0.6) is 0 Å². The molecule has 4 aromatic rings. The van der Waals surface area contributed by atoms with Crippen molar-refractivity contribution >= 4 is 55.6 Å². The largest absolute Gasteiger partial charge is 0.465 e. The van der Waals surface area contributed by atoms with Crippen LogP contribution in [0.3, 0.4) is 0 Å². The average Bonchev–Trinajstić information content (AvgIpc) is 3.29. The number of anilines is 1. The predicted octanol–water partition coefficient (Wildman–Crippen LogP) is 1.86. The van der Waals surface area contributed by atoms with Crippen LogP contribution in [-0.4, -0.2) is 51.5 Å².